The lowest BCUT2D eigenvalue weighted by molar-refractivity contribution is 0.408. The smallest absolute Gasteiger partial charge is 0.328 e. The molecule has 2 aromatic heterocycles. The summed E-state index contributed by atoms with van der Waals surface area (Å²) in [4.78, 5) is 24.4. The van der Waals surface area contributed by atoms with E-state index in [-0.39, 0.29) is 5.69 Å². The average Bonchev–Trinajstić information content (AvgIpc) is 3.34. The topological polar surface area (TPSA) is 96.9 Å². The van der Waals surface area contributed by atoms with Crippen molar-refractivity contribution in [1.29, 1.82) is 0 Å². The van der Waals surface area contributed by atoms with Crippen molar-refractivity contribution in [3.63, 3.8) is 0 Å². The molecular formula is C21H28N6O2. The molecule has 0 amide bonds. The lowest BCUT2D eigenvalue weighted by Gasteiger charge is -2.13. The van der Waals surface area contributed by atoms with Gasteiger partial charge in [0.1, 0.15) is 11.3 Å². The number of benzene rings is 1. The van der Waals surface area contributed by atoms with E-state index in [0.29, 0.717) is 35.5 Å². The van der Waals surface area contributed by atoms with E-state index in [1.54, 1.807) is 17.9 Å². The molecule has 0 radical (unpaired) electrons. The molecular weight excluding hydrogens is 368 g/mol. The predicted octanol–water partition coefficient (Wildman–Crippen LogP) is 2.32. The molecule has 29 heavy (non-hydrogen) atoms. The van der Waals surface area contributed by atoms with Crippen LogP contribution in [0.5, 0.6) is 5.75 Å². The summed E-state index contributed by atoms with van der Waals surface area (Å²) in [7, 11) is 1.65. The summed E-state index contributed by atoms with van der Waals surface area (Å²) in [5.74, 6) is 2.27. The molecule has 0 aliphatic carbocycles. The van der Waals surface area contributed by atoms with Crippen LogP contribution >= 0.6 is 0 Å². The third kappa shape index (κ3) is 4.12. The number of aromatic nitrogens is 4. The minimum Gasteiger partial charge on any atom is -0.496 e. The number of fused-ring (bicyclic) bond motifs is 1. The monoisotopic (exact) mass is 396 g/mol. The van der Waals surface area contributed by atoms with Crippen LogP contribution in [-0.4, -0.2) is 46.3 Å². The van der Waals surface area contributed by atoms with Crippen molar-refractivity contribution in [2.24, 2.45) is 5.92 Å². The fourth-order valence-electron chi connectivity index (χ4n) is 3.75. The highest BCUT2D eigenvalue weighted by atomic mass is 16.5. The van der Waals surface area contributed by atoms with Crippen LogP contribution in [0.3, 0.4) is 0 Å². The van der Waals surface area contributed by atoms with Gasteiger partial charge in [-0.2, -0.15) is 4.98 Å². The van der Waals surface area contributed by atoms with Gasteiger partial charge in [-0.3, -0.25) is 4.57 Å². The lowest BCUT2D eigenvalue weighted by Crippen LogP contribution is -2.19. The second-order valence-corrected chi connectivity index (χ2v) is 7.91. The Morgan fingerprint density at radius 1 is 1.38 bits per heavy atom. The van der Waals surface area contributed by atoms with Crippen molar-refractivity contribution < 1.29 is 4.74 Å². The molecule has 1 atom stereocenters. The summed E-state index contributed by atoms with van der Waals surface area (Å²) in [5, 5.41) is 6.67. The molecule has 3 heterocycles. The molecule has 154 valence electrons. The molecule has 1 fully saturated rings. The van der Waals surface area contributed by atoms with Gasteiger partial charge in [0.05, 0.1) is 19.9 Å². The average molecular weight is 396 g/mol. The molecule has 0 saturated carbocycles. The highest BCUT2D eigenvalue weighted by molar-refractivity contribution is 5.71. The van der Waals surface area contributed by atoms with Crippen molar-refractivity contribution in [2.75, 3.05) is 32.1 Å². The minimum absolute atomic E-state index is 0.205. The van der Waals surface area contributed by atoms with Crippen molar-refractivity contribution in [3.8, 4) is 5.75 Å². The van der Waals surface area contributed by atoms with Crippen LogP contribution in [0.2, 0.25) is 0 Å². The second-order valence-electron chi connectivity index (χ2n) is 7.91. The van der Waals surface area contributed by atoms with Gasteiger partial charge in [-0.1, -0.05) is 26.0 Å². The van der Waals surface area contributed by atoms with E-state index >= 15 is 0 Å². The van der Waals surface area contributed by atoms with Gasteiger partial charge in [0.2, 0.25) is 5.95 Å². The van der Waals surface area contributed by atoms with Crippen molar-refractivity contribution >= 4 is 17.1 Å². The number of rotatable bonds is 7. The molecule has 1 aromatic carbocycles. The third-order valence-corrected chi connectivity index (χ3v) is 5.52. The van der Waals surface area contributed by atoms with Crippen molar-refractivity contribution in [2.45, 2.75) is 32.7 Å². The van der Waals surface area contributed by atoms with E-state index in [4.69, 9.17) is 4.74 Å². The maximum absolute atomic E-state index is 12.6. The maximum Gasteiger partial charge on any atom is 0.328 e. The summed E-state index contributed by atoms with van der Waals surface area (Å²) in [6, 6.07) is 6.12. The molecule has 3 aromatic rings. The number of hydrogen-bond donors (Lipinski definition) is 3. The van der Waals surface area contributed by atoms with Gasteiger partial charge < -0.3 is 20.4 Å². The first-order chi connectivity index (χ1) is 14.0. The van der Waals surface area contributed by atoms with E-state index in [2.05, 4.69) is 51.6 Å². The molecule has 1 saturated heterocycles. The summed E-state index contributed by atoms with van der Waals surface area (Å²) >= 11 is 0. The first-order valence-corrected chi connectivity index (χ1v) is 10.1. The van der Waals surface area contributed by atoms with Crippen molar-refractivity contribution in [1.82, 2.24) is 24.8 Å². The van der Waals surface area contributed by atoms with Crippen LogP contribution in [0.1, 0.15) is 37.3 Å². The van der Waals surface area contributed by atoms with E-state index in [1.807, 2.05) is 6.07 Å². The second kappa shape index (κ2) is 8.24. The summed E-state index contributed by atoms with van der Waals surface area (Å²) in [6.45, 7) is 7.56. The first-order valence-electron chi connectivity index (χ1n) is 10.1. The first kappa shape index (κ1) is 19.4. The van der Waals surface area contributed by atoms with E-state index in [9.17, 15) is 4.79 Å². The molecule has 3 N–H and O–H groups in total. The Bertz CT molecular complexity index is 1050. The standard InChI is InChI=1S/C21H28N6O2/c1-13(2)15-4-5-18(29-3)16(8-15)12-27-19-17(25-21(27)28)11-24-20(26-19)23-10-14-6-7-22-9-14/h4-5,8,11,13-14,22H,6-7,9-10,12H2,1-3H3,(H,25,28)(H,23,24,26)/t14-/m1/s1. The zero-order chi connectivity index (χ0) is 20.4. The zero-order valence-electron chi connectivity index (χ0n) is 17.2. The van der Waals surface area contributed by atoms with Gasteiger partial charge in [-0.15, -0.1) is 0 Å². The molecule has 0 spiro atoms. The Hall–Kier alpha value is -2.87. The predicted molar refractivity (Wildman–Crippen MR) is 114 cm³/mol. The largest absolute Gasteiger partial charge is 0.496 e. The number of ether oxygens (including phenoxy) is 1. The van der Waals surface area contributed by atoms with Crippen LogP contribution in [0.25, 0.3) is 11.2 Å². The number of nitrogens with zero attached hydrogens (tertiary/aromatic N) is 3. The molecule has 1 aliphatic heterocycles. The van der Waals surface area contributed by atoms with Gasteiger partial charge in [-0.25, -0.2) is 9.78 Å². The molecule has 0 bridgehead atoms. The van der Waals surface area contributed by atoms with E-state index < -0.39 is 0 Å². The number of methoxy groups -OCH3 is 1. The van der Waals surface area contributed by atoms with Crippen molar-refractivity contribution in [3.05, 3.63) is 46.0 Å². The van der Waals surface area contributed by atoms with Crippen LogP contribution in [-0.2, 0) is 6.54 Å². The van der Waals surface area contributed by atoms with Gasteiger partial charge in [0.25, 0.3) is 0 Å². The third-order valence-electron chi connectivity index (χ3n) is 5.52. The highest BCUT2D eigenvalue weighted by Gasteiger charge is 2.16. The zero-order valence-corrected chi connectivity index (χ0v) is 17.2. The van der Waals surface area contributed by atoms with Gasteiger partial charge >= 0.3 is 5.69 Å². The number of aromatic amines is 1. The lowest BCUT2D eigenvalue weighted by atomic mass is 10.00. The SMILES string of the molecule is COc1ccc(C(C)C)cc1Cn1c(=O)[nH]c2cnc(NC[C@@H]3CCNC3)nc21. The van der Waals surface area contributed by atoms with Gasteiger partial charge in [0.15, 0.2) is 5.65 Å². The Morgan fingerprint density at radius 3 is 2.97 bits per heavy atom. The molecule has 4 rings (SSSR count). The normalized spacial score (nSPS) is 16.6. The van der Waals surface area contributed by atoms with Gasteiger partial charge in [-0.05, 0) is 43.0 Å². The molecule has 1 aliphatic rings. The Balaban J connectivity index is 1.64. The van der Waals surface area contributed by atoms with E-state index in [1.165, 1.54) is 5.56 Å². The van der Waals surface area contributed by atoms with E-state index in [0.717, 1.165) is 37.4 Å². The molecule has 8 nitrogen and oxygen atoms in total. The van der Waals surface area contributed by atoms with Crippen LogP contribution in [0.15, 0.2) is 29.2 Å². The minimum atomic E-state index is -0.205. The van der Waals surface area contributed by atoms with Gasteiger partial charge in [0, 0.05) is 12.1 Å². The molecule has 8 heteroatoms. The number of hydrogen-bond acceptors (Lipinski definition) is 6. The maximum atomic E-state index is 12.6. The number of nitrogens with one attached hydrogen (secondary N) is 3. The summed E-state index contributed by atoms with van der Waals surface area (Å²) in [6.07, 6.45) is 2.81. The fourth-order valence-corrected chi connectivity index (χ4v) is 3.75. The number of H-pyrrole nitrogens is 1. The highest BCUT2D eigenvalue weighted by Crippen LogP contribution is 2.25. The quantitative estimate of drug-likeness (QED) is 0.567. The Labute approximate surface area is 169 Å². The van der Waals surface area contributed by atoms with Crippen LogP contribution in [0, 0.1) is 5.92 Å². The Kier molecular flexibility index (Phi) is 5.53. The number of imidazole rings is 1. The Morgan fingerprint density at radius 2 is 2.24 bits per heavy atom. The number of anilines is 1. The summed E-state index contributed by atoms with van der Waals surface area (Å²) < 4.78 is 7.16. The fraction of sp³-hybridized carbons (Fsp3) is 0.476. The summed E-state index contributed by atoms with van der Waals surface area (Å²) in [5.41, 5.74) is 3.17. The van der Waals surface area contributed by atoms with Crippen LogP contribution in [0.4, 0.5) is 5.95 Å². The molecule has 0 unspecified atom stereocenters. The van der Waals surface area contributed by atoms with Crippen LogP contribution < -0.4 is 21.1 Å².